The Bertz CT molecular complexity index is 1920. The van der Waals surface area contributed by atoms with Crippen molar-refractivity contribution in [1.29, 1.82) is 5.26 Å². The molecule has 1 aliphatic rings. The Hall–Kier alpha value is -5.55. The van der Waals surface area contributed by atoms with Gasteiger partial charge in [0.25, 0.3) is 17.7 Å². The smallest absolute Gasteiger partial charge is 0.339 e. The van der Waals surface area contributed by atoms with Gasteiger partial charge in [0, 0.05) is 37.2 Å². The molecule has 0 saturated heterocycles. The lowest BCUT2D eigenvalue weighted by atomic mass is 9.80. The van der Waals surface area contributed by atoms with Crippen LogP contribution >= 0.6 is 0 Å². The molecule has 0 aliphatic carbocycles. The van der Waals surface area contributed by atoms with Crippen molar-refractivity contribution in [2.45, 2.75) is 37.5 Å². The molecular formula is C36H35F4N7O3. The molecule has 3 amide bonds. The normalized spacial score (nSPS) is 16.5. The quantitative estimate of drug-likeness (QED) is 0.228. The number of alkyl halides is 3. The van der Waals surface area contributed by atoms with Crippen molar-refractivity contribution < 1.29 is 31.9 Å². The number of carbonyl (C=O) groups is 3. The molecule has 0 spiro atoms. The number of nitrogens with one attached hydrogen (secondary N) is 1. The Morgan fingerprint density at radius 3 is 2.30 bits per heavy atom. The number of aromatic nitrogens is 2. The van der Waals surface area contributed by atoms with E-state index in [1.54, 1.807) is 37.3 Å². The Morgan fingerprint density at radius 1 is 1.02 bits per heavy atom. The van der Waals surface area contributed by atoms with Crippen molar-refractivity contribution in [3.05, 3.63) is 113 Å². The summed E-state index contributed by atoms with van der Waals surface area (Å²) in [6.45, 7) is 2.25. The van der Waals surface area contributed by atoms with Crippen molar-refractivity contribution in [1.82, 2.24) is 24.9 Å². The van der Waals surface area contributed by atoms with Gasteiger partial charge >= 0.3 is 6.18 Å². The highest BCUT2D eigenvalue weighted by atomic mass is 19.4. The Labute approximate surface area is 286 Å². The number of benzene rings is 3. The van der Waals surface area contributed by atoms with Gasteiger partial charge in [0.05, 0.1) is 17.3 Å². The van der Waals surface area contributed by atoms with Gasteiger partial charge in [-0.3, -0.25) is 19.3 Å². The molecule has 1 N–H and O–H groups in total. The van der Waals surface area contributed by atoms with Crippen LogP contribution in [0.1, 0.15) is 56.8 Å². The third kappa shape index (κ3) is 7.09. The molecule has 10 nitrogen and oxygen atoms in total. The largest absolute Gasteiger partial charge is 0.416 e. The number of hydrogen-bond donors (Lipinski definition) is 1. The summed E-state index contributed by atoms with van der Waals surface area (Å²) in [6, 6.07) is 17.6. The molecular weight excluding hydrogens is 654 g/mol. The molecule has 4 aromatic rings. The van der Waals surface area contributed by atoms with Crippen LogP contribution in [-0.2, 0) is 11.0 Å². The van der Waals surface area contributed by atoms with E-state index in [0.717, 1.165) is 12.1 Å². The lowest BCUT2D eigenvalue weighted by molar-refractivity contribution is -0.137. The van der Waals surface area contributed by atoms with Gasteiger partial charge in [-0.1, -0.05) is 36.4 Å². The minimum atomic E-state index is -4.72. The number of amides is 3. The van der Waals surface area contributed by atoms with Gasteiger partial charge in [0.15, 0.2) is 5.69 Å². The van der Waals surface area contributed by atoms with Crippen LogP contribution in [0.15, 0.2) is 78.9 Å². The molecule has 1 aliphatic heterocycles. The molecule has 5 rings (SSSR count). The number of hydrogen-bond acceptors (Lipinski definition) is 6. The first-order valence-electron chi connectivity index (χ1n) is 15.8. The maximum atomic E-state index is 14.4. The molecule has 3 atom stereocenters. The fraction of sp³-hybridized carbons (Fsp3) is 0.306. The van der Waals surface area contributed by atoms with E-state index in [-0.39, 0.29) is 29.2 Å². The molecule has 50 heavy (non-hydrogen) atoms. The molecule has 260 valence electrons. The molecule has 2 heterocycles. The summed E-state index contributed by atoms with van der Waals surface area (Å²) in [4.78, 5) is 47.0. The van der Waals surface area contributed by atoms with Gasteiger partial charge in [0.1, 0.15) is 23.7 Å². The van der Waals surface area contributed by atoms with Crippen LogP contribution in [0.4, 0.5) is 23.4 Å². The SMILES string of the molecule is CCN1C(=O)C(NC(=O)c2cccc(C(F)(F)F)c2)C(c2ccc(F)cc2)c2c(C(=O)N(C)C(C#N)CCN(C)C)nn(-c3ccccc3)c21. The summed E-state index contributed by atoms with van der Waals surface area (Å²) in [5.74, 6) is -3.73. The zero-order chi connectivity index (χ0) is 36.3. The summed E-state index contributed by atoms with van der Waals surface area (Å²) < 4.78 is 56.3. The zero-order valence-electron chi connectivity index (χ0n) is 27.8. The van der Waals surface area contributed by atoms with Crippen LogP contribution in [0.25, 0.3) is 5.69 Å². The second kappa shape index (κ2) is 14.5. The Morgan fingerprint density at radius 2 is 1.70 bits per heavy atom. The summed E-state index contributed by atoms with van der Waals surface area (Å²) in [7, 11) is 5.16. The van der Waals surface area contributed by atoms with E-state index >= 15 is 0 Å². The topological polar surface area (TPSA) is 115 Å². The second-order valence-electron chi connectivity index (χ2n) is 12.1. The molecule has 0 bridgehead atoms. The van der Waals surface area contributed by atoms with E-state index in [9.17, 15) is 37.2 Å². The number of carbonyl (C=O) groups excluding carboxylic acids is 3. The maximum Gasteiger partial charge on any atom is 0.416 e. The number of fused-ring (bicyclic) bond motifs is 1. The molecule has 3 aromatic carbocycles. The van der Waals surface area contributed by atoms with Crippen LogP contribution in [0, 0.1) is 17.1 Å². The molecule has 0 saturated carbocycles. The van der Waals surface area contributed by atoms with Crippen LogP contribution in [-0.4, -0.2) is 83.6 Å². The average molecular weight is 690 g/mol. The van der Waals surface area contributed by atoms with Gasteiger partial charge in [-0.15, -0.1) is 0 Å². The fourth-order valence-corrected chi connectivity index (χ4v) is 6.03. The zero-order valence-corrected chi connectivity index (χ0v) is 27.8. The van der Waals surface area contributed by atoms with Gasteiger partial charge < -0.3 is 15.1 Å². The number of halogens is 4. The molecule has 3 unspecified atom stereocenters. The van der Waals surface area contributed by atoms with Gasteiger partial charge in [-0.2, -0.15) is 23.5 Å². The number of rotatable bonds is 10. The molecule has 0 fully saturated rings. The Kier molecular flexibility index (Phi) is 10.4. The summed E-state index contributed by atoms with van der Waals surface area (Å²) in [6.07, 6.45) is -4.40. The highest BCUT2D eigenvalue weighted by molar-refractivity contribution is 6.07. The maximum absolute atomic E-state index is 14.4. The predicted octanol–water partition coefficient (Wildman–Crippen LogP) is 5.24. The third-order valence-electron chi connectivity index (χ3n) is 8.60. The van der Waals surface area contributed by atoms with Gasteiger partial charge in [0.2, 0.25) is 0 Å². The van der Waals surface area contributed by atoms with Crippen molar-refractivity contribution in [3.8, 4) is 11.8 Å². The highest BCUT2D eigenvalue weighted by Gasteiger charge is 2.48. The minimum Gasteiger partial charge on any atom is -0.339 e. The summed E-state index contributed by atoms with van der Waals surface area (Å²) in [5, 5.41) is 17.4. The van der Waals surface area contributed by atoms with E-state index in [1.165, 1.54) is 51.9 Å². The predicted molar refractivity (Wildman–Crippen MR) is 177 cm³/mol. The first kappa shape index (κ1) is 35.7. The van der Waals surface area contributed by atoms with Crippen molar-refractivity contribution in [2.24, 2.45) is 0 Å². The van der Waals surface area contributed by atoms with E-state index < -0.39 is 53.3 Å². The first-order chi connectivity index (χ1) is 23.8. The van der Waals surface area contributed by atoms with Gasteiger partial charge in [-0.05, 0) is 75.5 Å². The number of anilines is 1. The standard InChI is InChI=1S/C36H35F4N7O3/c1-5-46-33-29(31(43-47(33)26-12-7-6-8-13-26)34(49)45(4)27(21-41)18-19-44(2)3)28(22-14-16-25(37)17-15-22)30(35(46)50)42-32(48)23-10-9-11-24(20-23)36(38,39)40/h6-17,20,27-28,30H,5,18-19H2,1-4H3,(H,42,48). The fourth-order valence-electron chi connectivity index (χ4n) is 6.03. The minimum absolute atomic E-state index is 0.0591. The second-order valence-corrected chi connectivity index (χ2v) is 12.1. The highest BCUT2D eigenvalue weighted by Crippen LogP contribution is 2.44. The third-order valence-corrected chi connectivity index (χ3v) is 8.60. The van der Waals surface area contributed by atoms with Crippen molar-refractivity contribution >= 4 is 23.5 Å². The Balaban J connectivity index is 1.73. The van der Waals surface area contributed by atoms with Crippen LogP contribution in [0.5, 0.6) is 0 Å². The summed E-state index contributed by atoms with van der Waals surface area (Å²) in [5.41, 5.74) is -0.445. The monoisotopic (exact) mass is 689 g/mol. The first-order valence-corrected chi connectivity index (χ1v) is 15.8. The van der Waals surface area contributed by atoms with Gasteiger partial charge in [-0.25, -0.2) is 9.07 Å². The van der Waals surface area contributed by atoms with E-state index in [0.29, 0.717) is 30.3 Å². The molecule has 1 aromatic heterocycles. The molecule has 14 heteroatoms. The number of nitriles is 1. The number of likely N-dealkylation sites (N-methyl/N-ethyl adjacent to an activating group) is 1. The van der Waals surface area contributed by atoms with E-state index in [1.807, 2.05) is 19.0 Å². The van der Waals surface area contributed by atoms with Crippen molar-refractivity contribution in [2.75, 3.05) is 39.1 Å². The van der Waals surface area contributed by atoms with Crippen molar-refractivity contribution in [3.63, 3.8) is 0 Å². The van der Waals surface area contributed by atoms with Crippen LogP contribution in [0.3, 0.4) is 0 Å². The lowest BCUT2D eigenvalue weighted by Crippen LogP contribution is -2.55. The van der Waals surface area contributed by atoms with Crippen LogP contribution < -0.4 is 10.2 Å². The number of nitrogens with zero attached hydrogens (tertiary/aromatic N) is 6. The molecule has 0 radical (unpaired) electrons. The van der Waals surface area contributed by atoms with Crippen LogP contribution in [0.2, 0.25) is 0 Å². The average Bonchev–Trinajstić information content (AvgIpc) is 3.48. The summed E-state index contributed by atoms with van der Waals surface area (Å²) >= 11 is 0. The lowest BCUT2D eigenvalue weighted by Gasteiger charge is -2.38. The van der Waals surface area contributed by atoms with E-state index in [2.05, 4.69) is 11.4 Å². The van der Waals surface area contributed by atoms with E-state index in [4.69, 9.17) is 5.10 Å². The number of para-hydroxylation sites is 1.